The normalized spacial score (nSPS) is 14.1. The van der Waals surface area contributed by atoms with Crippen LogP contribution in [0.3, 0.4) is 0 Å². The topological polar surface area (TPSA) is 102 Å². The van der Waals surface area contributed by atoms with Crippen molar-refractivity contribution in [1.29, 1.82) is 0 Å². The van der Waals surface area contributed by atoms with E-state index in [0.29, 0.717) is 6.42 Å². The Balaban J connectivity index is 2.68. The highest BCUT2D eigenvalue weighted by molar-refractivity contribution is 7.89. The van der Waals surface area contributed by atoms with Crippen LogP contribution in [-0.2, 0) is 19.7 Å². The predicted octanol–water partition coefficient (Wildman–Crippen LogP) is 0.506. The molecule has 8 nitrogen and oxygen atoms in total. The van der Waals surface area contributed by atoms with Crippen molar-refractivity contribution in [2.75, 3.05) is 6.61 Å². The smallest absolute Gasteiger partial charge is 0.299 e. The van der Waals surface area contributed by atoms with E-state index in [2.05, 4.69) is 19.6 Å². The summed E-state index contributed by atoms with van der Waals surface area (Å²) in [5.41, 5.74) is 1.58. The van der Waals surface area contributed by atoms with Gasteiger partial charge in [0.2, 0.25) is 6.23 Å². The van der Waals surface area contributed by atoms with Crippen molar-refractivity contribution in [1.82, 2.24) is 20.3 Å². The summed E-state index contributed by atoms with van der Waals surface area (Å²) in [6.07, 6.45) is -4.21. The molecule has 1 aromatic rings. The molecule has 0 saturated heterocycles. The van der Waals surface area contributed by atoms with E-state index in [-0.39, 0.29) is 6.61 Å². The molecule has 0 aliphatic heterocycles. The number of rotatable bonds is 8. The maximum atomic E-state index is 12.6. The van der Waals surface area contributed by atoms with Gasteiger partial charge in [-0.3, -0.25) is 9.68 Å². The first kappa shape index (κ1) is 17.7. The van der Waals surface area contributed by atoms with Gasteiger partial charge in [0.15, 0.2) is 0 Å². The van der Waals surface area contributed by atoms with Crippen molar-refractivity contribution in [3.05, 3.63) is 18.7 Å². The molecule has 1 rings (SSSR count). The zero-order valence-electron chi connectivity index (χ0n) is 10.8. The summed E-state index contributed by atoms with van der Waals surface area (Å²) < 4.78 is 61.1. The Morgan fingerprint density at radius 2 is 1.95 bits per heavy atom. The number of halogens is 3. The molecule has 0 aliphatic carbocycles. The second-order valence-corrected chi connectivity index (χ2v) is 5.31. The Kier molecular flexibility index (Phi) is 6.42. The molecule has 0 amide bonds. The highest BCUT2D eigenvalue weighted by atomic mass is 32.2. The fourth-order valence-corrected chi connectivity index (χ4v) is 1.70. The molecule has 2 N–H and O–H groups in total. The number of hydroxylamine groups is 1. The number of nitrogens with one attached hydrogen (secondary N) is 2. The number of hydrogen-bond donors (Lipinski definition) is 2. The van der Waals surface area contributed by atoms with E-state index in [1.807, 2.05) is 0 Å². The molecule has 1 heterocycles. The SMILES string of the molecule is CCCONC(ONS(=O)(=O)c1cncnc1)C(F)(F)F. The Hall–Kier alpha value is -1.34. The molecular formula is C9H13F3N4O4S. The monoisotopic (exact) mass is 330 g/mol. The molecule has 0 fully saturated rings. The Morgan fingerprint density at radius 3 is 2.48 bits per heavy atom. The molecule has 0 spiro atoms. The lowest BCUT2D eigenvalue weighted by Crippen LogP contribution is -2.48. The molecule has 0 radical (unpaired) electrons. The van der Waals surface area contributed by atoms with Gasteiger partial charge in [0.25, 0.3) is 10.0 Å². The van der Waals surface area contributed by atoms with Gasteiger partial charge in [-0.1, -0.05) is 11.8 Å². The summed E-state index contributed by atoms with van der Waals surface area (Å²) in [6.45, 7) is 1.68. The maximum absolute atomic E-state index is 12.6. The Bertz CT molecular complexity index is 526. The van der Waals surface area contributed by atoms with Crippen LogP contribution in [0, 0.1) is 0 Å². The lowest BCUT2D eigenvalue weighted by molar-refractivity contribution is -0.270. The average molecular weight is 330 g/mol. The van der Waals surface area contributed by atoms with E-state index >= 15 is 0 Å². The molecule has 0 aliphatic rings. The van der Waals surface area contributed by atoms with Gasteiger partial charge >= 0.3 is 6.18 Å². The summed E-state index contributed by atoms with van der Waals surface area (Å²) in [5.74, 6) is 0. The first-order valence-electron chi connectivity index (χ1n) is 5.64. The standard InChI is InChI=1S/C9H13F3N4O4S/c1-2-3-19-15-8(9(10,11)12)20-16-21(17,18)7-4-13-6-14-5-7/h4-6,8,15-16H,2-3H2,1H3. The van der Waals surface area contributed by atoms with Crippen LogP contribution in [0.1, 0.15) is 13.3 Å². The Labute approximate surface area is 118 Å². The van der Waals surface area contributed by atoms with Crippen molar-refractivity contribution in [3.63, 3.8) is 0 Å². The fourth-order valence-electron chi connectivity index (χ4n) is 0.978. The summed E-state index contributed by atoms with van der Waals surface area (Å²) in [4.78, 5) is 16.4. The molecule has 0 aromatic carbocycles. The molecule has 21 heavy (non-hydrogen) atoms. The van der Waals surface area contributed by atoms with Gasteiger partial charge in [-0.25, -0.2) is 18.4 Å². The number of nitrogens with zero attached hydrogens (tertiary/aromatic N) is 2. The molecule has 0 bridgehead atoms. The van der Waals surface area contributed by atoms with Crippen molar-refractivity contribution >= 4 is 10.0 Å². The first-order valence-corrected chi connectivity index (χ1v) is 7.12. The highest BCUT2D eigenvalue weighted by Gasteiger charge is 2.42. The second-order valence-electron chi connectivity index (χ2n) is 3.67. The number of aromatic nitrogens is 2. The van der Waals surface area contributed by atoms with E-state index in [0.717, 1.165) is 18.7 Å². The molecule has 0 saturated carbocycles. The molecular weight excluding hydrogens is 317 g/mol. The molecule has 1 unspecified atom stereocenters. The van der Waals surface area contributed by atoms with Crippen molar-refractivity contribution in [3.8, 4) is 0 Å². The minimum atomic E-state index is -4.89. The van der Waals surface area contributed by atoms with Gasteiger partial charge in [-0.05, 0) is 6.42 Å². The molecule has 120 valence electrons. The number of sulfonamides is 1. The van der Waals surface area contributed by atoms with Crippen LogP contribution in [-0.4, -0.2) is 37.4 Å². The van der Waals surface area contributed by atoms with Crippen LogP contribution >= 0.6 is 0 Å². The van der Waals surface area contributed by atoms with E-state index in [1.165, 1.54) is 4.89 Å². The minimum absolute atomic E-state index is 0.00475. The van der Waals surface area contributed by atoms with Gasteiger partial charge < -0.3 is 0 Å². The summed E-state index contributed by atoms with van der Waals surface area (Å²) in [5, 5.41) is 0. The van der Waals surface area contributed by atoms with Crippen LogP contribution < -0.4 is 10.4 Å². The highest BCUT2D eigenvalue weighted by Crippen LogP contribution is 2.21. The van der Waals surface area contributed by atoms with Gasteiger partial charge in [0.1, 0.15) is 11.2 Å². The molecule has 12 heteroatoms. The van der Waals surface area contributed by atoms with Crippen molar-refractivity contribution in [2.24, 2.45) is 0 Å². The lowest BCUT2D eigenvalue weighted by atomic mass is 10.5. The first-order chi connectivity index (χ1) is 9.77. The van der Waals surface area contributed by atoms with Crippen LogP contribution in [0.25, 0.3) is 0 Å². The zero-order valence-corrected chi connectivity index (χ0v) is 11.6. The van der Waals surface area contributed by atoms with Crippen LogP contribution in [0.15, 0.2) is 23.6 Å². The summed E-state index contributed by atoms with van der Waals surface area (Å²) in [6, 6.07) is 0. The average Bonchev–Trinajstić information content (AvgIpc) is 2.42. The number of alkyl halides is 3. The summed E-state index contributed by atoms with van der Waals surface area (Å²) in [7, 11) is -4.34. The van der Waals surface area contributed by atoms with E-state index in [1.54, 1.807) is 12.4 Å². The van der Waals surface area contributed by atoms with Crippen molar-refractivity contribution in [2.45, 2.75) is 30.6 Å². The molecule has 1 aromatic heterocycles. The molecule has 1 atom stereocenters. The second kappa shape index (κ2) is 7.61. The maximum Gasteiger partial charge on any atom is 0.432 e. The van der Waals surface area contributed by atoms with Gasteiger partial charge in [0.05, 0.1) is 19.0 Å². The van der Waals surface area contributed by atoms with Gasteiger partial charge in [0, 0.05) is 0 Å². The number of hydrogen-bond acceptors (Lipinski definition) is 7. The third-order valence-electron chi connectivity index (χ3n) is 1.92. The fraction of sp³-hybridized carbons (Fsp3) is 0.556. The predicted molar refractivity (Wildman–Crippen MR) is 62.7 cm³/mol. The van der Waals surface area contributed by atoms with E-state index < -0.39 is 27.3 Å². The quantitative estimate of drug-likeness (QED) is 0.407. The zero-order chi connectivity index (χ0) is 15.9. The third kappa shape index (κ3) is 5.89. The largest absolute Gasteiger partial charge is 0.432 e. The lowest BCUT2D eigenvalue weighted by Gasteiger charge is -2.21. The van der Waals surface area contributed by atoms with Crippen molar-refractivity contribution < 1.29 is 31.3 Å². The summed E-state index contributed by atoms with van der Waals surface area (Å²) >= 11 is 0. The third-order valence-corrected chi connectivity index (χ3v) is 3.06. The van der Waals surface area contributed by atoms with Crippen LogP contribution in [0.2, 0.25) is 0 Å². The van der Waals surface area contributed by atoms with E-state index in [4.69, 9.17) is 0 Å². The van der Waals surface area contributed by atoms with Gasteiger partial charge in [-0.15, -0.1) is 0 Å². The van der Waals surface area contributed by atoms with Crippen LogP contribution in [0.5, 0.6) is 0 Å². The van der Waals surface area contributed by atoms with Crippen LogP contribution in [0.4, 0.5) is 13.2 Å². The Morgan fingerprint density at radius 1 is 1.33 bits per heavy atom. The van der Waals surface area contributed by atoms with E-state index in [9.17, 15) is 21.6 Å². The van der Waals surface area contributed by atoms with Gasteiger partial charge in [-0.2, -0.15) is 18.7 Å². The minimum Gasteiger partial charge on any atom is -0.299 e.